The van der Waals surface area contributed by atoms with E-state index >= 15 is 0 Å². The first kappa shape index (κ1) is 29.8. The first-order valence-electron chi connectivity index (χ1n) is 16.1. The fourth-order valence-corrected chi connectivity index (χ4v) is 6.17. The molecule has 0 atom stereocenters. The van der Waals surface area contributed by atoms with E-state index in [0.29, 0.717) is 11.4 Å². The molecule has 3 heterocycles. The van der Waals surface area contributed by atoms with Crippen molar-refractivity contribution in [2.24, 2.45) is 5.10 Å². The van der Waals surface area contributed by atoms with Crippen molar-refractivity contribution in [3.63, 3.8) is 0 Å². The Morgan fingerprint density at radius 2 is 1.16 bits per heavy atom. The maximum Gasteiger partial charge on any atom is 0.155 e. The third kappa shape index (κ3) is 6.24. The van der Waals surface area contributed by atoms with Gasteiger partial charge in [0.25, 0.3) is 0 Å². The summed E-state index contributed by atoms with van der Waals surface area (Å²) < 4.78 is 0. The maximum absolute atomic E-state index is 9.34. The van der Waals surface area contributed by atoms with Gasteiger partial charge >= 0.3 is 0 Å². The number of pyridine rings is 3. The van der Waals surface area contributed by atoms with Gasteiger partial charge in [0.1, 0.15) is 5.71 Å². The van der Waals surface area contributed by atoms with E-state index in [9.17, 15) is 5.41 Å². The summed E-state index contributed by atoms with van der Waals surface area (Å²) in [5.74, 6) is 0. The Kier molecular flexibility index (Phi) is 8.04. The number of quaternary nitrogens is 1. The Balaban J connectivity index is 1.15. The van der Waals surface area contributed by atoms with Gasteiger partial charge in [-0.05, 0) is 87.3 Å². The minimum Gasteiger partial charge on any atom is -0.298 e. The molecule has 0 fully saturated rings. The van der Waals surface area contributed by atoms with Gasteiger partial charge in [0.15, 0.2) is 5.69 Å². The highest BCUT2D eigenvalue weighted by molar-refractivity contribution is 6.62. The zero-order chi connectivity index (χ0) is 33.0. The molecule has 8 rings (SSSR count). The molecular formula is C43H31N6+. The van der Waals surface area contributed by atoms with Crippen LogP contribution in [-0.4, -0.2) is 26.4 Å². The Morgan fingerprint density at radius 1 is 0.510 bits per heavy atom. The van der Waals surface area contributed by atoms with Crippen molar-refractivity contribution >= 4 is 39.0 Å². The summed E-state index contributed by atoms with van der Waals surface area (Å²) in [4.78, 5) is 13.1. The minimum absolute atomic E-state index is 0.366. The van der Waals surface area contributed by atoms with Crippen LogP contribution in [0.1, 0.15) is 11.1 Å². The Hall–Kier alpha value is -6.63. The van der Waals surface area contributed by atoms with Gasteiger partial charge in [0, 0.05) is 77.0 Å². The SMILES string of the molecule is N=C1C(c2cccc(-c3cccnc3)c2)=CC(c2cccc(-c3cccnc3)c2)=CC1=N[NH2+]c1ccc(-c2cncc3ccccc23)cc1. The number of hydrogen-bond donors (Lipinski definition) is 2. The molecule has 0 spiro atoms. The smallest absolute Gasteiger partial charge is 0.155 e. The molecule has 0 radical (unpaired) electrons. The van der Waals surface area contributed by atoms with Crippen molar-refractivity contribution in [3.8, 4) is 33.4 Å². The highest BCUT2D eigenvalue weighted by Gasteiger charge is 2.22. The zero-order valence-corrected chi connectivity index (χ0v) is 26.5. The number of nitrogens with zero attached hydrogens (tertiary/aromatic N) is 4. The van der Waals surface area contributed by atoms with Crippen LogP contribution in [-0.2, 0) is 0 Å². The first-order valence-corrected chi connectivity index (χ1v) is 16.1. The molecule has 1 aliphatic carbocycles. The molecule has 0 saturated carbocycles. The van der Waals surface area contributed by atoms with Gasteiger partial charge in [-0.1, -0.05) is 77.9 Å². The Morgan fingerprint density at radius 3 is 1.88 bits per heavy atom. The fraction of sp³-hybridized carbons (Fsp3) is 0. The van der Waals surface area contributed by atoms with Crippen LogP contribution in [0.5, 0.6) is 0 Å². The highest BCUT2D eigenvalue weighted by Crippen LogP contribution is 2.33. The van der Waals surface area contributed by atoms with Crippen LogP contribution in [0.4, 0.5) is 5.69 Å². The monoisotopic (exact) mass is 631 g/mol. The third-order valence-electron chi connectivity index (χ3n) is 8.72. The van der Waals surface area contributed by atoms with E-state index < -0.39 is 0 Å². The van der Waals surface area contributed by atoms with Crippen LogP contribution >= 0.6 is 0 Å². The Labute approximate surface area is 284 Å². The number of fused-ring (bicyclic) bond motifs is 1. The fourth-order valence-electron chi connectivity index (χ4n) is 6.17. The van der Waals surface area contributed by atoms with Gasteiger partial charge < -0.3 is 0 Å². The van der Waals surface area contributed by atoms with Gasteiger partial charge in [0.05, 0.1) is 5.71 Å². The molecule has 0 amide bonds. The summed E-state index contributed by atoms with van der Waals surface area (Å²) in [5, 5.41) is 16.5. The summed E-state index contributed by atoms with van der Waals surface area (Å²) in [6, 6.07) is 41.3. The van der Waals surface area contributed by atoms with Crippen LogP contribution in [0.25, 0.3) is 55.3 Å². The van der Waals surface area contributed by atoms with Gasteiger partial charge in [-0.3, -0.25) is 20.4 Å². The molecule has 6 heteroatoms. The lowest BCUT2D eigenvalue weighted by Crippen LogP contribution is -2.71. The van der Waals surface area contributed by atoms with Crippen LogP contribution < -0.4 is 5.43 Å². The molecule has 1 aliphatic rings. The van der Waals surface area contributed by atoms with Gasteiger partial charge in [-0.25, -0.2) is 0 Å². The number of benzene rings is 4. The van der Waals surface area contributed by atoms with E-state index in [-0.39, 0.29) is 0 Å². The number of aromatic nitrogens is 3. The van der Waals surface area contributed by atoms with E-state index in [4.69, 9.17) is 5.10 Å². The van der Waals surface area contributed by atoms with E-state index in [1.54, 1.807) is 12.4 Å². The summed E-state index contributed by atoms with van der Waals surface area (Å²) in [6.45, 7) is 0. The summed E-state index contributed by atoms with van der Waals surface area (Å²) in [6.07, 6.45) is 15.2. The number of allylic oxidation sites excluding steroid dienone is 4. The van der Waals surface area contributed by atoms with Crippen LogP contribution in [0, 0.1) is 5.41 Å². The van der Waals surface area contributed by atoms with E-state index in [2.05, 4.69) is 112 Å². The molecule has 0 saturated heterocycles. The van der Waals surface area contributed by atoms with Gasteiger partial charge in [-0.15, -0.1) is 0 Å². The molecule has 4 aromatic carbocycles. The second-order valence-corrected chi connectivity index (χ2v) is 11.9. The number of nitrogens with one attached hydrogen (secondary N) is 1. The van der Waals surface area contributed by atoms with Crippen molar-refractivity contribution < 1.29 is 5.43 Å². The lowest BCUT2D eigenvalue weighted by atomic mass is 9.86. The lowest BCUT2D eigenvalue weighted by molar-refractivity contribution is -0.577. The molecule has 49 heavy (non-hydrogen) atoms. The summed E-state index contributed by atoms with van der Waals surface area (Å²) in [5.41, 5.74) is 13.9. The molecule has 232 valence electrons. The van der Waals surface area contributed by atoms with Gasteiger partial charge in [-0.2, -0.15) is 5.43 Å². The van der Waals surface area contributed by atoms with E-state index in [1.807, 2.05) is 66.6 Å². The van der Waals surface area contributed by atoms with E-state index in [0.717, 1.165) is 66.7 Å². The second kappa shape index (κ2) is 13.2. The summed E-state index contributed by atoms with van der Waals surface area (Å²) in [7, 11) is 0. The van der Waals surface area contributed by atoms with Crippen LogP contribution in [0.2, 0.25) is 0 Å². The quantitative estimate of drug-likeness (QED) is 0.0797. The first-order chi connectivity index (χ1) is 24.2. The third-order valence-corrected chi connectivity index (χ3v) is 8.72. The van der Waals surface area contributed by atoms with E-state index in [1.165, 1.54) is 5.39 Å². The van der Waals surface area contributed by atoms with Crippen molar-refractivity contribution in [1.82, 2.24) is 15.0 Å². The maximum atomic E-state index is 9.34. The Bertz CT molecular complexity index is 2400. The van der Waals surface area contributed by atoms with Gasteiger partial charge in [0.2, 0.25) is 0 Å². The number of hydrogen-bond acceptors (Lipinski definition) is 5. The lowest BCUT2D eigenvalue weighted by Gasteiger charge is -2.18. The van der Waals surface area contributed by atoms with Crippen LogP contribution in [0.3, 0.4) is 0 Å². The molecule has 7 aromatic rings. The predicted molar refractivity (Wildman–Crippen MR) is 199 cm³/mol. The standard InChI is InChI=1S/C43H30N6/c44-43-40(33-11-4-9-31(22-33)35-13-6-20-46-26-35)23-37(32-10-3-8-30(21-32)34-12-5-19-45-25-34)24-42(43)49-48-38-17-15-29(16-18-38)41-28-47-27-36-7-1-2-14-39(36)41/h1-28,44,48H/p+1. The van der Waals surface area contributed by atoms with Crippen LogP contribution in [0.15, 0.2) is 176 Å². The summed E-state index contributed by atoms with van der Waals surface area (Å²) >= 11 is 0. The molecule has 0 aliphatic heterocycles. The zero-order valence-electron chi connectivity index (χ0n) is 26.5. The molecule has 0 unspecified atom stereocenters. The average Bonchev–Trinajstić information content (AvgIpc) is 3.18. The second-order valence-electron chi connectivity index (χ2n) is 11.9. The largest absolute Gasteiger partial charge is 0.298 e. The average molecular weight is 632 g/mol. The number of rotatable bonds is 7. The normalized spacial score (nSPS) is 13.7. The molecule has 6 nitrogen and oxygen atoms in total. The molecule has 3 aromatic heterocycles. The molecular weight excluding hydrogens is 601 g/mol. The highest BCUT2D eigenvalue weighted by atomic mass is 15.3. The number of nitrogens with two attached hydrogens (primary N) is 1. The predicted octanol–water partition coefficient (Wildman–Crippen LogP) is 8.78. The van der Waals surface area contributed by atoms with Crippen molar-refractivity contribution in [2.45, 2.75) is 0 Å². The molecule has 0 bridgehead atoms. The molecule has 3 N–H and O–H groups in total. The minimum atomic E-state index is 0.366. The van der Waals surface area contributed by atoms with Crippen molar-refractivity contribution in [2.75, 3.05) is 0 Å². The van der Waals surface area contributed by atoms with Crippen molar-refractivity contribution in [3.05, 3.63) is 182 Å². The topological polar surface area (TPSA) is 91.5 Å². The van der Waals surface area contributed by atoms with Crippen molar-refractivity contribution in [1.29, 1.82) is 5.41 Å².